The summed E-state index contributed by atoms with van der Waals surface area (Å²) in [5.74, 6) is -1.43. The summed E-state index contributed by atoms with van der Waals surface area (Å²) in [7, 11) is 0. The zero-order chi connectivity index (χ0) is 10.7. The first kappa shape index (κ1) is 10.1. The van der Waals surface area contributed by atoms with Crippen LogP contribution in [0.2, 0.25) is 0 Å². The van der Waals surface area contributed by atoms with Gasteiger partial charge in [-0.05, 0) is 6.07 Å². The minimum absolute atomic E-state index is 0.0532. The van der Waals surface area contributed by atoms with Crippen molar-refractivity contribution in [1.82, 2.24) is 0 Å². The van der Waals surface area contributed by atoms with Crippen LogP contribution in [0.1, 0.15) is 11.6 Å². The Labute approximate surface area is 79.1 Å². The first-order valence-electron chi connectivity index (χ1n) is 3.81. The molecule has 1 rings (SSSR count). The van der Waals surface area contributed by atoms with Crippen LogP contribution in [0.4, 0.5) is 5.69 Å². The first-order chi connectivity index (χ1) is 6.54. The summed E-state index contributed by atoms with van der Waals surface area (Å²) < 4.78 is 0. The monoisotopic (exact) mass is 196 g/mol. The molecule has 0 bridgehead atoms. The average molecular weight is 196 g/mol. The number of carbonyl (C=O) groups excluding carboxylic acids is 1. The molecule has 3 N–H and O–H groups in total. The van der Waals surface area contributed by atoms with Crippen LogP contribution in [0.25, 0.3) is 0 Å². The highest BCUT2D eigenvalue weighted by Crippen LogP contribution is 2.21. The number of nitrogens with zero attached hydrogens (tertiary/aromatic N) is 1. The number of para-hydroxylation sites is 1. The highest BCUT2D eigenvalue weighted by molar-refractivity contribution is 5.73. The molecule has 74 valence electrons. The van der Waals surface area contributed by atoms with Gasteiger partial charge in [0.2, 0.25) is 0 Å². The molecule has 0 aromatic heterocycles. The molecule has 0 aliphatic heterocycles. The highest BCUT2D eigenvalue weighted by atomic mass is 16.6. The van der Waals surface area contributed by atoms with Crippen molar-refractivity contribution in [2.75, 3.05) is 0 Å². The molecule has 0 unspecified atom stereocenters. The fourth-order valence-corrected chi connectivity index (χ4v) is 1.08. The Morgan fingerprint density at radius 3 is 2.50 bits per heavy atom. The fourth-order valence-electron chi connectivity index (χ4n) is 1.08. The van der Waals surface area contributed by atoms with Gasteiger partial charge < -0.3 is 15.6 Å². The van der Waals surface area contributed by atoms with Crippen LogP contribution in [-0.4, -0.2) is 10.9 Å². The van der Waals surface area contributed by atoms with Gasteiger partial charge in [-0.3, -0.25) is 10.1 Å². The van der Waals surface area contributed by atoms with E-state index in [4.69, 9.17) is 0 Å². The summed E-state index contributed by atoms with van der Waals surface area (Å²) in [5, 5.41) is 21.0. The van der Waals surface area contributed by atoms with Crippen molar-refractivity contribution in [2.24, 2.45) is 0 Å². The molecule has 0 saturated heterocycles. The number of hydrogen-bond acceptors (Lipinski definition) is 4. The summed E-state index contributed by atoms with van der Waals surface area (Å²) in [6, 6.07) is 4.34. The minimum Gasteiger partial charge on any atom is -0.544 e. The Hall–Kier alpha value is -1.95. The fraction of sp³-hybridized carbons (Fsp3) is 0.125. The smallest absolute Gasteiger partial charge is 0.278 e. The average Bonchev–Trinajstić information content (AvgIpc) is 2.16. The molecule has 0 fully saturated rings. The second-order valence-electron chi connectivity index (χ2n) is 2.69. The summed E-state index contributed by atoms with van der Waals surface area (Å²) in [5.41, 5.74) is 3.08. The van der Waals surface area contributed by atoms with E-state index in [2.05, 4.69) is 5.73 Å². The number of hydrogen-bond donors (Lipinski definition) is 1. The van der Waals surface area contributed by atoms with Crippen LogP contribution in [0.3, 0.4) is 0 Å². The predicted octanol–water partition coefficient (Wildman–Crippen LogP) is -1.37. The van der Waals surface area contributed by atoms with E-state index in [1.807, 2.05) is 0 Å². The predicted molar refractivity (Wildman–Crippen MR) is 43.7 cm³/mol. The van der Waals surface area contributed by atoms with Crippen LogP contribution in [0.15, 0.2) is 24.3 Å². The molecule has 0 spiro atoms. The Kier molecular flexibility index (Phi) is 2.78. The van der Waals surface area contributed by atoms with Gasteiger partial charge in [0.15, 0.2) is 6.04 Å². The van der Waals surface area contributed by atoms with Gasteiger partial charge in [0.25, 0.3) is 5.69 Å². The van der Waals surface area contributed by atoms with E-state index in [1.54, 1.807) is 0 Å². The number of rotatable bonds is 3. The molecule has 0 aliphatic carbocycles. The van der Waals surface area contributed by atoms with Crippen molar-refractivity contribution in [1.29, 1.82) is 0 Å². The molecule has 0 saturated carbocycles. The molecule has 1 aromatic carbocycles. The molecule has 6 nitrogen and oxygen atoms in total. The van der Waals surface area contributed by atoms with Gasteiger partial charge >= 0.3 is 0 Å². The topological polar surface area (TPSA) is 111 Å². The number of carbonyl (C=O) groups is 1. The summed E-state index contributed by atoms with van der Waals surface area (Å²) in [6.45, 7) is 0. The first-order valence-corrected chi connectivity index (χ1v) is 3.81. The molecular formula is C8H8N2O4. The third-order valence-electron chi connectivity index (χ3n) is 1.79. The highest BCUT2D eigenvalue weighted by Gasteiger charge is 2.21. The lowest BCUT2D eigenvalue weighted by molar-refractivity contribution is -0.447. The Morgan fingerprint density at radius 1 is 1.43 bits per heavy atom. The lowest BCUT2D eigenvalue weighted by Gasteiger charge is -2.09. The van der Waals surface area contributed by atoms with E-state index in [0.717, 1.165) is 0 Å². The van der Waals surface area contributed by atoms with E-state index in [9.17, 15) is 20.0 Å². The van der Waals surface area contributed by atoms with Crippen LogP contribution >= 0.6 is 0 Å². The van der Waals surface area contributed by atoms with Crippen molar-refractivity contribution < 1.29 is 20.6 Å². The van der Waals surface area contributed by atoms with E-state index < -0.39 is 16.9 Å². The van der Waals surface area contributed by atoms with Crippen molar-refractivity contribution in [3.05, 3.63) is 39.9 Å². The molecule has 1 aromatic rings. The Bertz CT molecular complexity index is 377. The molecule has 0 heterocycles. The SMILES string of the molecule is [NH3+][C@H](C(=O)[O-])c1ccccc1[N+](=O)[O-]. The summed E-state index contributed by atoms with van der Waals surface area (Å²) >= 11 is 0. The lowest BCUT2D eigenvalue weighted by Crippen LogP contribution is -2.61. The van der Waals surface area contributed by atoms with Crippen LogP contribution in [0, 0.1) is 10.1 Å². The van der Waals surface area contributed by atoms with Crippen LogP contribution in [0.5, 0.6) is 0 Å². The maximum Gasteiger partial charge on any atom is 0.278 e. The van der Waals surface area contributed by atoms with Crippen molar-refractivity contribution in [2.45, 2.75) is 6.04 Å². The summed E-state index contributed by atoms with van der Waals surface area (Å²) in [4.78, 5) is 20.3. The Morgan fingerprint density at radius 2 is 2.00 bits per heavy atom. The zero-order valence-corrected chi connectivity index (χ0v) is 7.17. The van der Waals surface area contributed by atoms with Crippen molar-refractivity contribution in [3.63, 3.8) is 0 Å². The quantitative estimate of drug-likeness (QED) is 0.474. The minimum atomic E-state index is -1.43. The Balaban J connectivity index is 3.19. The molecule has 14 heavy (non-hydrogen) atoms. The molecule has 6 heteroatoms. The van der Waals surface area contributed by atoms with E-state index in [1.165, 1.54) is 24.3 Å². The van der Waals surface area contributed by atoms with Gasteiger partial charge in [-0.1, -0.05) is 12.1 Å². The van der Waals surface area contributed by atoms with Gasteiger partial charge in [0.1, 0.15) is 5.97 Å². The number of nitro benzene ring substituents is 1. The van der Waals surface area contributed by atoms with E-state index >= 15 is 0 Å². The number of nitro groups is 1. The number of benzene rings is 1. The lowest BCUT2D eigenvalue weighted by atomic mass is 10.1. The molecule has 0 aliphatic rings. The largest absolute Gasteiger partial charge is 0.544 e. The van der Waals surface area contributed by atoms with Gasteiger partial charge in [-0.2, -0.15) is 0 Å². The van der Waals surface area contributed by atoms with Crippen molar-refractivity contribution >= 4 is 11.7 Å². The second-order valence-corrected chi connectivity index (χ2v) is 2.69. The third-order valence-corrected chi connectivity index (χ3v) is 1.79. The maximum absolute atomic E-state index is 10.5. The van der Waals surface area contributed by atoms with Gasteiger partial charge in [-0.15, -0.1) is 0 Å². The van der Waals surface area contributed by atoms with Gasteiger partial charge in [-0.25, -0.2) is 0 Å². The third kappa shape index (κ3) is 1.86. The normalized spacial score (nSPS) is 12.1. The van der Waals surface area contributed by atoms with Crippen molar-refractivity contribution in [3.8, 4) is 0 Å². The van der Waals surface area contributed by atoms with E-state index in [0.29, 0.717) is 0 Å². The summed E-state index contributed by atoms with van der Waals surface area (Å²) in [6.07, 6.45) is 0. The standard InChI is InChI=1S/C8H8N2O4/c9-7(8(11)12)5-3-1-2-4-6(5)10(13)14/h1-4,7H,9H2,(H,11,12)/t7-/m0/s1. The molecule has 0 radical (unpaired) electrons. The van der Waals surface area contributed by atoms with Crippen LogP contribution < -0.4 is 10.8 Å². The number of aliphatic carboxylic acids is 1. The molecule has 0 amide bonds. The molecular weight excluding hydrogens is 188 g/mol. The maximum atomic E-state index is 10.5. The van der Waals surface area contributed by atoms with E-state index in [-0.39, 0.29) is 11.3 Å². The zero-order valence-electron chi connectivity index (χ0n) is 7.17. The number of carboxylic acid groups (broad SMARTS) is 1. The number of quaternary nitrogens is 1. The number of carboxylic acids is 1. The van der Waals surface area contributed by atoms with Gasteiger partial charge in [0.05, 0.1) is 10.5 Å². The second kappa shape index (κ2) is 3.84. The molecule has 1 atom stereocenters. The van der Waals surface area contributed by atoms with Gasteiger partial charge in [0, 0.05) is 6.07 Å². The van der Waals surface area contributed by atoms with Crippen LogP contribution in [-0.2, 0) is 4.79 Å².